The van der Waals surface area contributed by atoms with E-state index in [0.717, 1.165) is 35.7 Å². The molecular weight excluding hydrogens is 292 g/mol. The van der Waals surface area contributed by atoms with E-state index in [9.17, 15) is 4.79 Å². The zero-order chi connectivity index (χ0) is 13.0. The number of hydrogen-bond acceptors (Lipinski definition) is 2. The molecule has 18 heavy (non-hydrogen) atoms. The number of nitrogens with two attached hydrogens (primary N) is 1. The topological polar surface area (TPSA) is 55.1 Å². The molecule has 0 spiro atoms. The number of benzene rings is 1. The van der Waals surface area contributed by atoms with Crippen molar-refractivity contribution in [2.75, 3.05) is 0 Å². The Kier molecular flexibility index (Phi) is 4.78. The first-order valence-corrected chi connectivity index (χ1v) is 7.23. The van der Waals surface area contributed by atoms with Crippen molar-refractivity contribution in [1.82, 2.24) is 5.32 Å². The molecule has 4 heteroatoms. The summed E-state index contributed by atoms with van der Waals surface area (Å²) in [5, 5.41) is 3.01. The Balaban J connectivity index is 1.83. The molecule has 1 saturated carbocycles. The molecule has 0 atom stereocenters. The minimum Gasteiger partial charge on any atom is -0.352 e. The number of hydrogen-bond donors (Lipinski definition) is 2. The van der Waals surface area contributed by atoms with Gasteiger partial charge in [0.1, 0.15) is 0 Å². The van der Waals surface area contributed by atoms with Crippen molar-refractivity contribution in [1.29, 1.82) is 0 Å². The smallest absolute Gasteiger partial charge is 0.223 e. The van der Waals surface area contributed by atoms with Gasteiger partial charge in [0.15, 0.2) is 0 Å². The van der Waals surface area contributed by atoms with Crippen LogP contribution in [0.5, 0.6) is 0 Å². The minimum absolute atomic E-state index is 0.146. The highest BCUT2D eigenvalue weighted by atomic mass is 79.9. The number of amides is 1. The molecule has 0 unspecified atom stereocenters. The third kappa shape index (κ3) is 3.56. The fourth-order valence-corrected chi connectivity index (χ4v) is 2.77. The largest absolute Gasteiger partial charge is 0.352 e. The summed E-state index contributed by atoms with van der Waals surface area (Å²) in [6, 6.07) is 8.24. The second kappa shape index (κ2) is 6.34. The lowest BCUT2D eigenvalue weighted by molar-refractivity contribution is -0.126. The summed E-state index contributed by atoms with van der Waals surface area (Å²) in [7, 11) is 0. The minimum atomic E-state index is 0.146. The summed E-state index contributed by atoms with van der Waals surface area (Å²) in [6.07, 6.45) is 3.77. The van der Waals surface area contributed by atoms with Gasteiger partial charge in [0.05, 0.1) is 0 Å². The molecule has 1 aliphatic carbocycles. The molecule has 0 aromatic heterocycles. The monoisotopic (exact) mass is 310 g/mol. The van der Waals surface area contributed by atoms with Crippen molar-refractivity contribution >= 4 is 21.8 Å². The molecule has 0 saturated heterocycles. The second-order valence-electron chi connectivity index (χ2n) is 4.92. The Morgan fingerprint density at radius 1 is 1.28 bits per heavy atom. The lowest BCUT2D eigenvalue weighted by Gasteiger charge is -2.25. The van der Waals surface area contributed by atoms with Crippen molar-refractivity contribution in [2.45, 2.75) is 38.3 Å². The first-order chi connectivity index (χ1) is 8.66. The molecule has 0 heterocycles. The van der Waals surface area contributed by atoms with Gasteiger partial charge in [-0.05, 0) is 37.3 Å². The van der Waals surface area contributed by atoms with Gasteiger partial charge in [-0.15, -0.1) is 0 Å². The summed E-state index contributed by atoms with van der Waals surface area (Å²) in [4.78, 5) is 12.0. The number of nitrogens with one attached hydrogen (secondary N) is 1. The highest BCUT2D eigenvalue weighted by Crippen LogP contribution is 2.23. The predicted octanol–water partition coefficient (Wildman–Crippen LogP) is 2.58. The molecule has 0 radical (unpaired) electrons. The van der Waals surface area contributed by atoms with E-state index in [2.05, 4.69) is 21.2 Å². The molecule has 1 aromatic rings. The summed E-state index contributed by atoms with van der Waals surface area (Å²) in [5.74, 6) is 0.310. The third-order valence-corrected chi connectivity index (χ3v) is 4.33. The predicted molar refractivity (Wildman–Crippen MR) is 75.9 cm³/mol. The Bertz CT molecular complexity index is 414. The van der Waals surface area contributed by atoms with Crippen molar-refractivity contribution in [3.63, 3.8) is 0 Å². The molecule has 1 aromatic carbocycles. The standard InChI is InChI=1S/C14H19BrN2O/c15-13-4-2-1-3-11(13)9-17-14(18)10-5-7-12(16)8-6-10/h1-4,10,12H,5-9,16H2,(H,17,18). The first kappa shape index (κ1) is 13.6. The SMILES string of the molecule is NC1CCC(C(=O)NCc2ccccc2Br)CC1. The van der Waals surface area contributed by atoms with Crippen molar-refractivity contribution < 1.29 is 4.79 Å². The van der Waals surface area contributed by atoms with E-state index in [-0.39, 0.29) is 17.9 Å². The van der Waals surface area contributed by atoms with E-state index in [1.165, 1.54) is 0 Å². The summed E-state index contributed by atoms with van der Waals surface area (Å²) in [5.41, 5.74) is 6.95. The van der Waals surface area contributed by atoms with Crippen molar-refractivity contribution in [2.24, 2.45) is 11.7 Å². The van der Waals surface area contributed by atoms with Gasteiger partial charge >= 0.3 is 0 Å². The molecule has 1 fully saturated rings. The van der Waals surface area contributed by atoms with Crippen LogP contribution in [0, 0.1) is 5.92 Å². The van der Waals surface area contributed by atoms with E-state index in [0.29, 0.717) is 6.54 Å². The van der Waals surface area contributed by atoms with Gasteiger partial charge in [0.2, 0.25) is 5.91 Å². The fraction of sp³-hybridized carbons (Fsp3) is 0.500. The molecule has 1 aliphatic rings. The number of carbonyl (C=O) groups excluding carboxylic acids is 1. The summed E-state index contributed by atoms with van der Waals surface area (Å²) >= 11 is 3.48. The van der Waals surface area contributed by atoms with Crippen LogP contribution >= 0.6 is 15.9 Å². The van der Waals surface area contributed by atoms with E-state index in [1.54, 1.807) is 0 Å². The highest BCUT2D eigenvalue weighted by molar-refractivity contribution is 9.10. The Morgan fingerprint density at radius 3 is 2.61 bits per heavy atom. The number of carbonyl (C=O) groups is 1. The molecule has 1 amide bonds. The number of halogens is 1. The van der Waals surface area contributed by atoms with Gasteiger partial charge in [-0.25, -0.2) is 0 Å². The summed E-state index contributed by atoms with van der Waals surface area (Å²) in [6.45, 7) is 0.586. The molecule has 0 aliphatic heterocycles. The van der Waals surface area contributed by atoms with Crippen LogP contribution in [-0.4, -0.2) is 11.9 Å². The molecule has 0 bridgehead atoms. The third-order valence-electron chi connectivity index (χ3n) is 3.55. The molecular formula is C14H19BrN2O. The molecule has 2 rings (SSSR count). The average molecular weight is 311 g/mol. The summed E-state index contributed by atoms with van der Waals surface area (Å²) < 4.78 is 1.04. The van der Waals surface area contributed by atoms with E-state index < -0.39 is 0 Å². The van der Waals surface area contributed by atoms with Gasteiger partial charge in [-0.3, -0.25) is 4.79 Å². The van der Waals surface area contributed by atoms with Gasteiger partial charge in [-0.2, -0.15) is 0 Å². The van der Waals surface area contributed by atoms with Crippen LogP contribution < -0.4 is 11.1 Å². The maximum Gasteiger partial charge on any atom is 0.223 e. The molecule has 98 valence electrons. The maximum atomic E-state index is 12.0. The van der Waals surface area contributed by atoms with E-state index >= 15 is 0 Å². The van der Waals surface area contributed by atoms with Crippen LogP contribution in [0.25, 0.3) is 0 Å². The van der Waals surface area contributed by atoms with Crippen molar-refractivity contribution in [3.05, 3.63) is 34.3 Å². The Morgan fingerprint density at radius 2 is 1.94 bits per heavy atom. The van der Waals surface area contributed by atoms with Gasteiger partial charge in [0.25, 0.3) is 0 Å². The van der Waals surface area contributed by atoms with Crippen LogP contribution in [0.4, 0.5) is 0 Å². The Labute approximate surface area is 116 Å². The van der Waals surface area contributed by atoms with Gasteiger partial charge in [-0.1, -0.05) is 34.1 Å². The van der Waals surface area contributed by atoms with Crippen molar-refractivity contribution in [3.8, 4) is 0 Å². The zero-order valence-electron chi connectivity index (χ0n) is 10.4. The lowest BCUT2D eigenvalue weighted by atomic mass is 9.86. The van der Waals surface area contributed by atoms with E-state index in [4.69, 9.17) is 5.73 Å². The normalized spacial score (nSPS) is 23.7. The number of rotatable bonds is 3. The van der Waals surface area contributed by atoms with Crippen LogP contribution in [0.3, 0.4) is 0 Å². The highest BCUT2D eigenvalue weighted by Gasteiger charge is 2.24. The van der Waals surface area contributed by atoms with Gasteiger partial charge in [0, 0.05) is 23.0 Å². The molecule has 3 N–H and O–H groups in total. The maximum absolute atomic E-state index is 12.0. The first-order valence-electron chi connectivity index (χ1n) is 6.43. The van der Waals surface area contributed by atoms with E-state index in [1.807, 2.05) is 24.3 Å². The quantitative estimate of drug-likeness (QED) is 0.901. The second-order valence-corrected chi connectivity index (χ2v) is 5.78. The van der Waals surface area contributed by atoms with Gasteiger partial charge < -0.3 is 11.1 Å². The zero-order valence-corrected chi connectivity index (χ0v) is 11.9. The van der Waals surface area contributed by atoms with Crippen LogP contribution in [0.2, 0.25) is 0 Å². The molecule has 3 nitrogen and oxygen atoms in total. The average Bonchev–Trinajstić information content (AvgIpc) is 2.38. The fourth-order valence-electron chi connectivity index (χ4n) is 2.35. The Hall–Kier alpha value is -0.870. The van der Waals surface area contributed by atoms with Crippen LogP contribution in [0.1, 0.15) is 31.2 Å². The lowest BCUT2D eigenvalue weighted by Crippen LogP contribution is -2.35. The van der Waals surface area contributed by atoms with Crippen LogP contribution in [0.15, 0.2) is 28.7 Å². The van der Waals surface area contributed by atoms with Crippen LogP contribution in [-0.2, 0) is 11.3 Å².